The van der Waals surface area contributed by atoms with Crippen molar-refractivity contribution in [2.24, 2.45) is 0 Å². The van der Waals surface area contributed by atoms with Crippen LogP contribution >= 0.6 is 12.4 Å². The van der Waals surface area contributed by atoms with Crippen LogP contribution in [0.2, 0.25) is 0 Å². The van der Waals surface area contributed by atoms with Crippen molar-refractivity contribution in [1.82, 2.24) is 5.32 Å². The van der Waals surface area contributed by atoms with Gasteiger partial charge < -0.3 is 10.4 Å². The summed E-state index contributed by atoms with van der Waals surface area (Å²) in [6.07, 6.45) is 3.02. The molecule has 0 saturated carbocycles. The van der Waals surface area contributed by atoms with Crippen molar-refractivity contribution in [2.45, 2.75) is 18.9 Å². The summed E-state index contributed by atoms with van der Waals surface area (Å²) in [5.41, 5.74) is 1.16. The monoisotopic (exact) mass is 255 g/mol. The van der Waals surface area contributed by atoms with Gasteiger partial charge in [0.1, 0.15) is 6.04 Å². The lowest BCUT2D eigenvalue weighted by Crippen LogP contribution is -2.37. The van der Waals surface area contributed by atoms with E-state index in [1.165, 1.54) is 0 Å². The third-order valence-electron chi connectivity index (χ3n) is 2.37. The molecule has 0 saturated heterocycles. The molecule has 0 heterocycles. The van der Waals surface area contributed by atoms with Crippen molar-refractivity contribution in [2.75, 3.05) is 6.54 Å². The molecule has 0 radical (unpaired) electrons. The van der Waals surface area contributed by atoms with E-state index in [0.717, 1.165) is 12.0 Å². The average Bonchev–Trinajstić information content (AvgIpc) is 2.30. The van der Waals surface area contributed by atoms with Crippen LogP contribution < -0.4 is 5.32 Å². The summed E-state index contributed by atoms with van der Waals surface area (Å²) in [5, 5.41) is 11.9. The predicted octanol–water partition coefficient (Wildman–Crippen LogP) is 2.27. The maximum absolute atomic E-state index is 10.9. The zero-order valence-corrected chi connectivity index (χ0v) is 10.5. The van der Waals surface area contributed by atoms with Gasteiger partial charge in [0.2, 0.25) is 0 Å². The Morgan fingerprint density at radius 3 is 2.59 bits per heavy atom. The number of carboxylic acids is 1. The van der Waals surface area contributed by atoms with E-state index in [0.29, 0.717) is 13.0 Å². The maximum atomic E-state index is 10.9. The van der Waals surface area contributed by atoms with Crippen LogP contribution in [0, 0.1) is 0 Å². The highest BCUT2D eigenvalue weighted by molar-refractivity contribution is 5.85. The molecule has 0 unspecified atom stereocenters. The molecule has 4 heteroatoms. The van der Waals surface area contributed by atoms with E-state index < -0.39 is 12.0 Å². The van der Waals surface area contributed by atoms with E-state index in [1.807, 2.05) is 30.3 Å². The Bertz CT molecular complexity index is 341. The second-order valence-corrected chi connectivity index (χ2v) is 3.61. The van der Waals surface area contributed by atoms with E-state index in [9.17, 15) is 4.79 Å². The number of rotatable bonds is 7. The standard InChI is InChI=1S/C13H17NO2.ClH/c1-2-10-14-12(13(15)16)9-8-11-6-4-3-5-7-11;/h2-7,12,14H,1,8-10H2,(H,15,16);1H/t12-;/m0./s1. The van der Waals surface area contributed by atoms with Gasteiger partial charge in [0.25, 0.3) is 0 Å². The molecule has 0 aliphatic carbocycles. The third-order valence-corrected chi connectivity index (χ3v) is 2.37. The van der Waals surface area contributed by atoms with E-state index >= 15 is 0 Å². The SMILES string of the molecule is C=CCN[C@@H](CCc1ccccc1)C(=O)O.Cl. The van der Waals surface area contributed by atoms with Crippen LogP contribution in [-0.2, 0) is 11.2 Å². The maximum Gasteiger partial charge on any atom is 0.320 e. The topological polar surface area (TPSA) is 49.3 Å². The second-order valence-electron chi connectivity index (χ2n) is 3.61. The number of hydrogen-bond acceptors (Lipinski definition) is 2. The number of aliphatic carboxylic acids is 1. The Labute approximate surface area is 108 Å². The summed E-state index contributed by atoms with van der Waals surface area (Å²) < 4.78 is 0. The summed E-state index contributed by atoms with van der Waals surface area (Å²) in [4.78, 5) is 10.9. The number of benzene rings is 1. The van der Waals surface area contributed by atoms with Crippen molar-refractivity contribution in [3.05, 3.63) is 48.6 Å². The number of hydrogen-bond donors (Lipinski definition) is 2. The number of carbonyl (C=O) groups is 1. The van der Waals surface area contributed by atoms with Crippen molar-refractivity contribution in [3.8, 4) is 0 Å². The molecule has 1 aromatic rings. The number of halogens is 1. The van der Waals surface area contributed by atoms with Gasteiger partial charge in [-0.3, -0.25) is 4.79 Å². The van der Waals surface area contributed by atoms with Gasteiger partial charge in [-0.25, -0.2) is 0 Å². The van der Waals surface area contributed by atoms with Gasteiger partial charge in [0.05, 0.1) is 0 Å². The third kappa shape index (κ3) is 6.09. The molecular weight excluding hydrogens is 238 g/mol. The largest absolute Gasteiger partial charge is 0.480 e. The van der Waals surface area contributed by atoms with Gasteiger partial charge in [-0.2, -0.15) is 0 Å². The number of nitrogens with one attached hydrogen (secondary N) is 1. The lowest BCUT2D eigenvalue weighted by molar-refractivity contribution is -0.139. The van der Waals surface area contributed by atoms with Crippen molar-refractivity contribution < 1.29 is 9.90 Å². The van der Waals surface area contributed by atoms with E-state index in [1.54, 1.807) is 6.08 Å². The van der Waals surface area contributed by atoms with Crippen LogP contribution in [0.3, 0.4) is 0 Å². The molecule has 0 amide bonds. The van der Waals surface area contributed by atoms with Gasteiger partial charge in [-0.1, -0.05) is 36.4 Å². The minimum absolute atomic E-state index is 0. The molecule has 3 nitrogen and oxygen atoms in total. The van der Waals surface area contributed by atoms with Crippen LogP contribution in [0.4, 0.5) is 0 Å². The van der Waals surface area contributed by atoms with Gasteiger partial charge in [0.15, 0.2) is 0 Å². The van der Waals surface area contributed by atoms with Gasteiger partial charge in [-0.15, -0.1) is 19.0 Å². The second kappa shape index (κ2) is 8.79. The molecule has 94 valence electrons. The van der Waals surface area contributed by atoms with Crippen LogP contribution in [0.1, 0.15) is 12.0 Å². The summed E-state index contributed by atoms with van der Waals surface area (Å²) in [6.45, 7) is 4.07. The lowest BCUT2D eigenvalue weighted by Gasteiger charge is -2.12. The lowest BCUT2D eigenvalue weighted by atomic mass is 10.1. The molecule has 0 aromatic heterocycles. The molecule has 0 aliphatic rings. The van der Waals surface area contributed by atoms with Crippen molar-refractivity contribution in [3.63, 3.8) is 0 Å². The van der Waals surface area contributed by atoms with Crippen molar-refractivity contribution in [1.29, 1.82) is 0 Å². The van der Waals surface area contributed by atoms with E-state index in [2.05, 4.69) is 11.9 Å². The molecule has 1 atom stereocenters. The van der Waals surface area contributed by atoms with Gasteiger partial charge in [-0.05, 0) is 18.4 Å². The fourth-order valence-electron chi connectivity index (χ4n) is 1.49. The fraction of sp³-hybridized carbons (Fsp3) is 0.308. The Kier molecular flexibility index (Phi) is 8.11. The van der Waals surface area contributed by atoms with Crippen LogP contribution in [0.15, 0.2) is 43.0 Å². The first kappa shape index (κ1) is 15.7. The molecule has 1 rings (SSSR count). The molecule has 0 fully saturated rings. The average molecular weight is 256 g/mol. The summed E-state index contributed by atoms with van der Waals surface area (Å²) in [5.74, 6) is -0.808. The molecule has 0 bridgehead atoms. The summed E-state index contributed by atoms with van der Waals surface area (Å²) >= 11 is 0. The first-order valence-electron chi connectivity index (χ1n) is 5.35. The first-order valence-corrected chi connectivity index (χ1v) is 5.35. The fourth-order valence-corrected chi connectivity index (χ4v) is 1.49. The van der Waals surface area contributed by atoms with Crippen LogP contribution in [0.25, 0.3) is 0 Å². The molecule has 1 aromatic carbocycles. The highest BCUT2D eigenvalue weighted by Crippen LogP contribution is 2.05. The van der Waals surface area contributed by atoms with Gasteiger partial charge >= 0.3 is 5.97 Å². The zero-order valence-electron chi connectivity index (χ0n) is 9.63. The van der Waals surface area contributed by atoms with Gasteiger partial charge in [0, 0.05) is 6.54 Å². The molecule has 17 heavy (non-hydrogen) atoms. The Morgan fingerprint density at radius 1 is 1.41 bits per heavy atom. The summed E-state index contributed by atoms with van der Waals surface area (Å²) in [7, 11) is 0. The Balaban J connectivity index is 0.00000256. The number of aryl methyl sites for hydroxylation is 1. The number of carboxylic acid groups (broad SMARTS) is 1. The highest BCUT2D eigenvalue weighted by Gasteiger charge is 2.15. The van der Waals surface area contributed by atoms with Crippen LogP contribution in [0.5, 0.6) is 0 Å². The Morgan fingerprint density at radius 2 is 2.06 bits per heavy atom. The zero-order chi connectivity index (χ0) is 11.8. The van der Waals surface area contributed by atoms with E-state index in [4.69, 9.17) is 5.11 Å². The van der Waals surface area contributed by atoms with Crippen LogP contribution in [-0.4, -0.2) is 23.7 Å². The van der Waals surface area contributed by atoms with E-state index in [-0.39, 0.29) is 12.4 Å². The molecular formula is C13H18ClNO2. The highest BCUT2D eigenvalue weighted by atomic mass is 35.5. The molecule has 2 N–H and O–H groups in total. The smallest absolute Gasteiger partial charge is 0.320 e. The predicted molar refractivity (Wildman–Crippen MR) is 71.6 cm³/mol. The minimum atomic E-state index is -0.808. The molecule has 0 aliphatic heterocycles. The first-order chi connectivity index (χ1) is 7.74. The van der Waals surface area contributed by atoms with Crippen molar-refractivity contribution >= 4 is 18.4 Å². The quantitative estimate of drug-likeness (QED) is 0.735. The minimum Gasteiger partial charge on any atom is -0.480 e. The Hall–Kier alpha value is -1.32. The normalized spacial score (nSPS) is 11.3. The molecule has 0 spiro atoms. The summed E-state index contributed by atoms with van der Waals surface area (Å²) in [6, 6.07) is 9.38.